The van der Waals surface area contributed by atoms with Crippen LogP contribution in [0, 0.1) is 5.82 Å². The number of nitrogens with one attached hydrogen (secondary N) is 1. The summed E-state index contributed by atoms with van der Waals surface area (Å²) in [6.45, 7) is -0.180. The van der Waals surface area contributed by atoms with Crippen LogP contribution in [0.3, 0.4) is 0 Å². The Bertz CT molecular complexity index is 1320. The third kappa shape index (κ3) is 5.80. The summed E-state index contributed by atoms with van der Waals surface area (Å²) in [5.74, 6) is -0.990. The molecule has 4 aromatic carbocycles. The van der Waals surface area contributed by atoms with Gasteiger partial charge < -0.3 is 9.47 Å². The standard InChI is InChI=1S/C26H19FN2O4/c27-24-8-4-3-7-23(24)26(31)33-21-12-9-18(10-13-21)16-28-29-25(30)17-32-22-14-11-19-5-1-2-6-20(19)15-22/h1-16H,17H2,(H,29,30)/b28-16+. The van der Waals surface area contributed by atoms with Crippen LogP contribution in [-0.4, -0.2) is 24.7 Å². The molecule has 0 unspecified atom stereocenters. The van der Waals surface area contributed by atoms with E-state index in [1.165, 1.54) is 24.4 Å². The molecule has 1 amide bonds. The van der Waals surface area contributed by atoms with Crippen LogP contribution >= 0.6 is 0 Å². The van der Waals surface area contributed by atoms with Crippen LogP contribution in [0.25, 0.3) is 10.8 Å². The Kier molecular flexibility index (Phi) is 6.70. The predicted molar refractivity (Wildman–Crippen MR) is 123 cm³/mol. The van der Waals surface area contributed by atoms with Crippen molar-refractivity contribution in [3.63, 3.8) is 0 Å². The molecule has 0 saturated heterocycles. The largest absolute Gasteiger partial charge is 0.484 e. The fourth-order valence-corrected chi connectivity index (χ4v) is 3.03. The maximum absolute atomic E-state index is 13.7. The minimum absolute atomic E-state index is 0.142. The lowest BCUT2D eigenvalue weighted by atomic mass is 10.1. The molecule has 4 aromatic rings. The summed E-state index contributed by atoms with van der Waals surface area (Å²) < 4.78 is 24.3. The molecular weight excluding hydrogens is 423 g/mol. The van der Waals surface area contributed by atoms with Crippen molar-refractivity contribution in [2.75, 3.05) is 6.61 Å². The highest BCUT2D eigenvalue weighted by Crippen LogP contribution is 2.20. The van der Waals surface area contributed by atoms with Gasteiger partial charge in [0.2, 0.25) is 0 Å². The third-order valence-electron chi connectivity index (χ3n) is 4.68. The molecule has 0 aromatic heterocycles. The lowest BCUT2D eigenvalue weighted by Crippen LogP contribution is -2.24. The molecule has 4 rings (SSSR count). The van der Waals surface area contributed by atoms with Gasteiger partial charge in [0.25, 0.3) is 5.91 Å². The Labute approximate surface area is 189 Å². The average Bonchev–Trinajstić information content (AvgIpc) is 2.84. The third-order valence-corrected chi connectivity index (χ3v) is 4.68. The first-order chi connectivity index (χ1) is 16.1. The van der Waals surface area contributed by atoms with Crippen molar-refractivity contribution < 1.29 is 23.5 Å². The molecule has 0 radical (unpaired) electrons. The van der Waals surface area contributed by atoms with E-state index >= 15 is 0 Å². The van der Waals surface area contributed by atoms with Crippen LogP contribution in [0.1, 0.15) is 15.9 Å². The first kappa shape index (κ1) is 21.7. The zero-order valence-electron chi connectivity index (χ0n) is 17.4. The summed E-state index contributed by atoms with van der Waals surface area (Å²) in [7, 11) is 0. The summed E-state index contributed by atoms with van der Waals surface area (Å²) in [6.07, 6.45) is 1.44. The van der Waals surface area contributed by atoms with Gasteiger partial charge in [0.1, 0.15) is 17.3 Å². The second kappa shape index (κ2) is 10.2. The Morgan fingerprint density at radius 2 is 1.55 bits per heavy atom. The van der Waals surface area contributed by atoms with Gasteiger partial charge in [-0.1, -0.05) is 42.5 Å². The number of ether oxygens (including phenoxy) is 2. The average molecular weight is 442 g/mol. The zero-order valence-corrected chi connectivity index (χ0v) is 17.4. The number of hydrazone groups is 1. The quantitative estimate of drug-likeness (QED) is 0.194. The normalized spacial score (nSPS) is 10.8. The monoisotopic (exact) mass is 442 g/mol. The summed E-state index contributed by atoms with van der Waals surface area (Å²) in [4.78, 5) is 24.0. The topological polar surface area (TPSA) is 77.0 Å². The summed E-state index contributed by atoms with van der Waals surface area (Å²) >= 11 is 0. The molecule has 1 N–H and O–H groups in total. The number of carbonyl (C=O) groups excluding carboxylic acids is 2. The molecule has 6 nitrogen and oxygen atoms in total. The molecule has 0 fully saturated rings. The van der Waals surface area contributed by atoms with Crippen LogP contribution in [-0.2, 0) is 4.79 Å². The summed E-state index contributed by atoms with van der Waals surface area (Å²) in [5, 5.41) is 6.01. The van der Waals surface area contributed by atoms with Crippen molar-refractivity contribution in [3.8, 4) is 11.5 Å². The lowest BCUT2D eigenvalue weighted by Gasteiger charge is -2.06. The van der Waals surface area contributed by atoms with Crippen LogP contribution in [0.15, 0.2) is 96.1 Å². The van der Waals surface area contributed by atoms with E-state index in [0.29, 0.717) is 11.3 Å². The van der Waals surface area contributed by atoms with Crippen LogP contribution in [0.4, 0.5) is 4.39 Å². The van der Waals surface area contributed by atoms with E-state index in [-0.39, 0.29) is 17.9 Å². The molecule has 0 atom stereocenters. The number of benzene rings is 4. The zero-order chi connectivity index (χ0) is 23.0. The Morgan fingerprint density at radius 3 is 2.33 bits per heavy atom. The van der Waals surface area contributed by atoms with Crippen LogP contribution in [0.2, 0.25) is 0 Å². The Hall–Kier alpha value is -4.52. The van der Waals surface area contributed by atoms with Gasteiger partial charge in [-0.2, -0.15) is 5.10 Å². The van der Waals surface area contributed by atoms with Gasteiger partial charge in [-0.15, -0.1) is 0 Å². The van der Waals surface area contributed by atoms with E-state index < -0.39 is 17.7 Å². The number of nitrogens with zero attached hydrogens (tertiary/aromatic N) is 1. The van der Waals surface area contributed by atoms with Gasteiger partial charge in [-0.25, -0.2) is 14.6 Å². The highest BCUT2D eigenvalue weighted by Gasteiger charge is 2.13. The summed E-state index contributed by atoms with van der Waals surface area (Å²) in [5.41, 5.74) is 2.91. The molecule has 164 valence electrons. The molecule has 0 saturated carbocycles. The molecule has 0 spiro atoms. The molecule has 0 bridgehead atoms. The maximum atomic E-state index is 13.7. The second-order valence-corrected chi connectivity index (χ2v) is 7.03. The van der Waals surface area contributed by atoms with Gasteiger partial charge in [-0.05, 0) is 64.9 Å². The first-order valence-electron chi connectivity index (χ1n) is 10.1. The fourth-order valence-electron chi connectivity index (χ4n) is 3.03. The molecule has 33 heavy (non-hydrogen) atoms. The van der Waals surface area contributed by atoms with E-state index in [1.54, 1.807) is 36.4 Å². The minimum atomic E-state index is -0.784. The Balaban J connectivity index is 1.26. The number of carbonyl (C=O) groups is 2. The highest BCUT2D eigenvalue weighted by atomic mass is 19.1. The van der Waals surface area contributed by atoms with Gasteiger partial charge in [0.15, 0.2) is 6.61 Å². The van der Waals surface area contributed by atoms with E-state index in [2.05, 4.69) is 10.5 Å². The van der Waals surface area contributed by atoms with E-state index in [0.717, 1.165) is 10.8 Å². The maximum Gasteiger partial charge on any atom is 0.346 e. The number of fused-ring (bicyclic) bond motifs is 1. The number of hydrogen-bond acceptors (Lipinski definition) is 5. The molecule has 0 heterocycles. The highest BCUT2D eigenvalue weighted by molar-refractivity contribution is 5.91. The van der Waals surface area contributed by atoms with Gasteiger partial charge in [0, 0.05) is 0 Å². The number of halogens is 1. The Morgan fingerprint density at radius 1 is 0.848 bits per heavy atom. The van der Waals surface area contributed by atoms with Crippen LogP contribution < -0.4 is 14.9 Å². The number of amides is 1. The second-order valence-electron chi connectivity index (χ2n) is 7.03. The fraction of sp³-hybridized carbons (Fsp3) is 0.0385. The van der Waals surface area contributed by atoms with Crippen LogP contribution in [0.5, 0.6) is 11.5 Å². The molecular formula is C26H19FN2O4. The van der Waals surface area contributed by atoms with Gasteiger partial charge in [-0.3, -0.25) is 4.79 Å². The molecule has 7 heteroatoms. The number of rotatable bonds is 7. The van der Waals surface area contributed by atoms with Crippen molar-refractivity contribution in [1.82, 2.24) is 5.43 Å². The lowest BCUT2D eigenvalue weighted by molar-refractivity contribution is -0.123. The van der Waals surface area contributed by atoms with Crippen molar-refractivity contribution in [3.05, 3.63) is 108 Å². The number of hydrogen-bond donors (Lipinski definition) is 1. The van der Waals surface area contributed by atoms with Crippen molar-refractivity contribution in [2.24, 2.45) is 5.10 Å². The van der Waals surface area contributed by atoms with E-state index in [9.17, 15) is 14.0 Å². The first-order valence-corrected chi connectivity index (χ1v) is 10.1. The van der Waals surface area contributed by atoms with Gasteiger partial charge >= 0.3 is 5.97 Å². The smallest absolute Gasteiger partial charge is 0.346 e. The van der Waals surface area contributed by atoms with Crippen molar-refractivity contribution >= 4 is 28.9 Å². The van der Waals surface area contributed by atoms with Crippen molar-refractivity contribution in [2.45, 2.75) is 0 Å². The minimum Gasteiger partial charge on any atom is -0.484 e. The molecule has 0 aliphatic carbocycles. The van der Waals surface area contributed by atoms with Crippen molar-refractivity contribution in [1.29, 1.82) is 0 Å². The molecule has 0 aliphatic rings. The number of esters is 1. The predicted octanol–water partition coefficient (Wildman–Crippen LogP) is 4.73. The van der Waals surface area contributed by atoms with Gasteiger partial charge in [0.05, 0.1) is 11.8 Å². The SMILES string of the molecule is O=C(COc1ccc2ccccc2c1)N/N=C/c1ccc(OC(=O)c2ccccc2F)cc1. The summed E-state index contributed by atoms with van der Waals surface area (Å²) in [6, 6.07) is 25.4. The van der Waals surface area contributed by atoms with E-state index in [1.807, 2.05) is 36.4 Å². The molecule has 0 aliphatic heterocycles. The van der Waals surface area contributed by atoms with E-state index in [4.69, 9.17) is 9.47 Å².